The van der Waals surface area contributed by atoms with E-state index in [0.717, 1.165) is 13.7 Å². The van der Waals surface area contributed by atoms with Crippen LogP contribution in [0.15, 0.2) is 22.7 Å². The molecule has 0 saturated heterocycles. The molecule has 0 atom stereocenters. The van der Waals surface area contributed by atoms with Crippen LogP contribution in [0.3, 0.4) is 0 Å². The Labute approximate surface area is 81.4 Å². The normalized spacial score (nSPS) is 9.50. The Hall–Kier alpha value is 0.190. The van der Waals surface area contributed by atoms with Crippen molar-refractivity contribution in [3.8, 4) is 0 Å². The lowest BCUT2D eigenvalue weighted by Gasteiger charge is -2.00. The van der Waals surface area contributed by atoms with Crippen molar-refractivity contribution in [3.63, 3.8) is 0 Å². The molecule has 0 heterocycles. The van der Waals surface area contributed by atoms with Crippen LogP contribution in [0.4, 0.5) is 5.69 Å². The first kappa shape index (κ1) is 8.29. The first-order valence-corrected chi connectivity index (χ1v) is 4.52. The molecule has 0 spiro atoms. The standard InChI is InChI=1S/C6H6BrIN2/c7-4-1-5(8)3-6(2-4)10-9/h1-3,10H,9H2. The zero-order valence-electron chi connectivity index (χ0n) is 5.07. The smallest absolute Gasteiger partial charge is 0.0506 e. The third kappa shape index (κ3) is 2.10. The molecule has 4 heteroatoms. The van der Waals surface area contributed by atoms with E-state index in [-0.39, 0.29) is 0 Å². The number of nitrogens with two attached hydrogens (primary N) is 1. The molecule has 0 aliphatic carbocycles. The monoisotopic (exact) mass is 312 g/mol. The zero-order valence-corrected chi connectivity index (χ0v) is 8.81. The number of nitrogens with one attached hydrogen (secondary N) is 1. The number of benzene rings is 1. The minimum absolute atomic E-state index is 0.916. The Morgan fingerprint density at radius 1 is 1.40 bits per heavy atom. The largest absolute Gasteiger partial charge is 0.324 e. The number of hydrogen-bond donors (Lipinski definition) is 2. The molecule has 1 aromatic rings. The summed E-state index contributed by atoms with van der Waals surface area (Å²) >= 11 is 5.58. The average Bonchev–Trinajstić information content (AvgIpc) is 1.85. The molecule has 0 aliphatic heterocycles. The highest BCUT2D eigenvalue weighted by atomic mass is 127. The van der Waals surface area contributed by atoms with Crippen molar-refractivity contribution in [1.29, 1.82) is 0 Å². The summed E-state index contributed by atoms with van der Waals surface area (Å²) in [6.45, 7) is 0. The van der Waals surface area contributed by atoms with Gasteiger partial charge in [0.1, 0.15) is 0 Å². The van der Waals surface area contributed by atoms with Gasteiger partial charge in [0.2, 0.25) is 0 Å². The summed E-state index contributed by atoms with van der Waals surface area (Å²) < 4.78 is 2.19. The molecular formula is C6H6BrIN2. The molecule has 0 aliphatic rings. The predicted octanol–water partition coefficient (Wildman–Crippen LogP) is 2.34. The van der Waals surface area contributed by atoms with Crippen LogP contribution in [0.25, 0.3) is 0 Å². The lowest BCUT2D eigenvalue weighted by Crippen LogP contribution is -2.06. The van der Waals surface area contributed by atoms with Gasteiger partial charge in [-0.1, -0.05) is 15.9 Å². The molecule has 54 valence electrons. The van der Waals surface area contributed by atoms with Crippen LogP contribution >= 0.6 is 38.5 Å². The van der Waals surface area contributed by atoms with Crippen LogP contribution in [0, 0.1) is 3.57 Å². The number of halogens is 2. The van der Waals surface area contributed by atoms with Crippen molar-refractivity contribution < 1.29 is 0 Å². The second-order valence-electron chi connectivity index (χ2n) is 1.80. The molecule has 0 amide bonds. The Morgan fingerprint density at radius 3 is 2.60 bits per heavy atom. The molecule has 1 aromatic carbocycles. The Morgan fingerprint density at radius 2 is 2.10 bits per heavy atom. The minimum Gasteiger partial charge on any atom is -0.324 e. The van der Waals surface area contributed by atoms with E-state index in [1.54, 1.807) is 0 Å². The van der Waals surface area contributed by atoms with Gasteiger partial charge in [-0.25, -0.2) is 0 Å². The Balaban J connectivity index is 3.06. The van der Waals surface area contributed by atoms with E-state index < -0.39 is 0 Å². The fourth-order valence-corrected chi connectivity index (χ4v) is 2.23. The van der Waals surface area contributed by atoms with Crippen molar-refractivity contribution in [2.24, 2.45) is 5.84 Å². The zero-order chi connectivity index (χ0) is 7.56. The van der Waals surface area contributed by atoms with Crippen LogP contribution in [0.1, 0.15) is 0 Å². The summed E-state index contributed by atoms with van der Waals surface area (Å²) in [5.41, 5.74) is 3.49. The summed E-state index contributed by atoms with van der Waals surface area (Å²) in [6.07, 6.45) is 0. The van der Waals surface area contributed by atoms with Crippen molar-refractivity contribution in [2.75, 3.05) is 5.43 Å². The van der Waals surface area contributed by atoms with Gasteiger partial charge in [-0.05, 0) is 40.8 Å². The molecule has 0 unspecified atom stereocenters. The van der Waals surface area contributed by atoms with Crippen LogP contribution in [0.2, 0.25) is 0 Å². The van der Waals surface area contributed by atoms with Gasteiger partial charge in [0.05, 0.1) is 5.69 Å². The van der Waals surface area contributed by atoms with Crippen molar-refractivity contribution in [2.45, 2.75) is 0 Å². The van der Waals surface area contributed by atoms with E-state index >= 15 is 0 Å². The van der Waals surface area contributed by atoms with Gasteiger partial charge < -0.3 is 5.43 Å². The predicted molar refractivity (Wildman–Crippen MR) is 54.7 cm³/mol. The quantitative estimate of drug-likeness (QED) is 0.474. The topological polar surface area (TPSA) is 38.0 Å². The van der Waals surface area contributed by atoms with Gasteiger partial charge in [0.25, 0.3) is 0 Å². The molecule has 0 radical (unpaired) electrons. The SMILES string of the molecule is NNc1cc(Br)cc(I)c1. The van der Waals surface area contributed by atoms with Crippen LogP contribution < -0.4 is 11.3 Å². The molecule has 10 heavy (non-hydrogen) atoms. The van der Waals surface area contributed by atoms with Gasteiger partial charge >= 0.3 is 0 Å². The molecule has 0 saturated carbocycles. The first-order valence-electron chi connectivity index (χ1n) is 2.65. The molecule has 0 bridgehead atoms. The Kier molecular flexibility index (Phi) is 2.94. The highest BCUT2D eigenvalue weighted by Gasteiger charge is 1.93. The minimum atomic E-state index is 0.916. The van der Waals surface area contributed by atoms with E-state index in [0.29, 0.717) is 0 Å². The summed E-state index contributed by atoms with van der Waals surface area (Å²) in [5.74, 6) is 5.21. The molecular weight excluding hydrogens is 307 g/mol. The van der Waals surface area contributed by atoms with Gasteiger partial charge in [0.15, 0.2) is 0 Å². The maximum atomic E-state index is 5.21. The van der Waals surface area contributed by atoms with Gasteiger partial charge in [-0.15, -0.1) is 0 Å². The number of hydrazine groups is 1. The van der Waals surface area contributed by atoms with E-state index in [1.165, 1.54) is 0 Å². The van der Waals surface area contributed by atoms with E-state index in [1.807, 2.05) is 18.2 Å². The molecule has 0 fully saturated rings. The van der Waals surface area contributed by atoms with Gasteiger partial charge in [-0.3, -0.25) is 5.84 Å². The number of anilines is 1. The van der Waals surface area contributed by atoms with E-state index in [2.05, 4.69) is 43.9 Å². The number of hydrogen-bond acceptors (Lipinski definition) is 2. The summed E-state index contributed by atoms with van der Waals surface area (Å²) in [4.78, 5) is 0. The number of nitrogen functional groups attached to an aromatic ring is 1. The fraction of sp³-hybridized carbons (Fsp3) is 0. The lowest BCUT2D eigenvalue weighted by atomic mass is 10.3. The van der Waals surface area contributed by atoms with Gasteiger partial charge in [0, 0.05) is 8.04 Å². The maximum Gasteiger partial charge on any atom is 0.0506 e. The fourth-order valence-electron chi connectivity index (χ4n) is 0.637. The van der Waals surface area contributed by atoms with Crippen molar-refractivity contribution in [3.05, 3.63) is 26.2 Å². The second-order valence-corrected chi connectivity index (χ2v) is 3.96. The van der Waals surface area contributed by atoms with E-state index in [4.69, 9.17) is 5.84 Å². The summed E-state index contributed by atoms with van der Waals surface area (Å²) in [7, 11) is 0. The molecule has 0 aromatic heterocycles. The van der Waals surface area contributed by atoms with Crippen LogP contribution in [-0.4, -0.2) is 0 Å². The Bertz CT molecular complexity index is 219. The maximum absolute atomic E-state index is 5.21. The van der Waals surface area contributed by atoms with Crippen molar-refractivity contribution >= 4 is 44.2 Å². The lowest BCUT2D eigenvalue weighted by molar-refractivity contribution is 1.34. The third-order valence-electron chi connectivity index (χ3n) is 1.03. The second kappa shape index (κ2) is 3.54. The van der Waals surface area contributed by atoms with Crippen molar-refractivity contribution in [1.82, 2.24) is 0 Å². The highest BCUT2D eigenvalue weighted by molar-refractivity contribution is 14.1. The summed E-state index contributed by atoms with van der Waals surface area (Å²) in [5, 5.41) is 0. The van der Waals surface area contributed by atoms with Crippen LogP contribution in [0.5, 0.6) is 0 Å². The molecule has 3 N–H and O–H groups in total. The average molecular weight is 313 g/mol. The van der Waals surface area contributed by atoms with E-state index in [9.17, 15) is 0 Å². The highest BCUT2D eigenvalue weighted by Crippen LogP contribution is 2.19. The van der Waals surface area contributed by atoms with Crippen LogP contribution in [-0.2, 0) is 0 Å². The van der Waals surface area contributed by atoms with Gasteiger partial charge in [-0.2, -0.15) is 0 Å². The molecule has 1 rings (SSSR count). The third-order valence-corrected chi connectivity index (χ3v) is 2.11. The summed E-state index contributed by atoms with van der Waals surface area (Å²) in [6, 6.07) is 5.90. The number of rotatable bonds is 1. The first-order chi connectivity index (χ1) is 4.72. The molecule has 2 nitrogen and oxygen atoms in total.